The van der Waals surface area contributed by atoms with E-state index in [4.69, 9.17) is 8.92 Å². The lowest BCUT2D eigenvalue weighted by Gasteiger charge is -2.13. The van der Waals surface area contributed by atoms with Crippen LogP contribution in [0.25, 0.3) is 0 Å². The van der Waals surface area contributed by atoms with Gasteiger partial charge in [0.1, 0.15) is 16.2 Å². The number of esters is 1. The summed E-state index contributed by atoms with van der Waals surface area (Å²) in [4.78, 5) is 12.5. The fraction of sp³-hybridized carbons (Fsp3) is 0.0500. The van der Waals surface area contributed by atoms with E-state index >= 15 is 0 Å². The van der Waals surface area contributed by atoms with Crippen LogP contribution in [0.2, 0.25) is 0 Å². The normalized spacial score (nSPS) is 11.0. The Hall–Kier alpha value is -3.12. The summed E-state index contributed by atoms with van der Waals surface area (Å²) in [5.74, 6) is -0.383. The van der Waals surface area contributed by atoms with Gasteiger partial charge in [-0.3, -0.25) is 0 Å². The molecule has 0 fully saturated rings. The molecule has 0 spiro atoms. The summed E-state index contributed by atoms with van der Waals surface area (Å²) < 4.78 is 35.6. The van der Waals surface area contributed by atoms with Crippen LogP contribution in [0, 0.1) is 6.92 Å². The molecule has 0 radical (unpaired) electrons. The highest BCUT2D eigenvalue weighted by atomic mass is 32.2. The molecule has 0 N–H and O–H groups in total. The van der Waals surface area contributed by atoms with E-state index in [-0.39, 0.29) is 16.2 Å². The molecule has 0 saturated carbocycles. The molecule has 3 aromatic rings. The van der Waals surface area contributed by atoms with Crippen molar-refractivity contribution in [3.05, 3.63) is 90.0 Å². The topological polar surface area (TPSA) is 69.7 Å². The molecule has 0 bridgehead atoms. The Morgan fingerprint density at radius 2 is 1.42 bits per heavy atom. The molecule has 0 atom stereocenters. The van der Waals surface area contributed by atoms with E-state index < -0.39 is 16.1 Å². The Morgan fingerprint density at radius 3 is 2.08 bits per heavy atom. The van der Waals surface area contributed by atoms with E-state index in [1.807, 2.05) is 0 Å². The van der Waals surface area contributed by atoms with Crippen LogP contribution in [0.3, 0.4) is 0 Å². The molecule has 0 aliphatic carbocycles. The van der Waals surface area contributed by atoms with Gasteiger partial charge in [-0.25, -0.2) is 4.79 Å². The van der Waals surface area contributed by atoms with Crippen LogP contribution in [0.1, 0.15) is 15.9 Å². The van der Waals surface area contributed by atoms with Gasteiger partial charge >= 0.3 is 16.1 Å². The fourth-order valence-electron chi connectivity index (χ4n) is 2.32. The summed E-state index contributed by atoms with van der Waals surface area (Å²) in [6.07, 6.45) is 0. The minimum absolute atomic E-state index is 0.00521. The Balaban J connectivity index is 1.94. The van der Waals surface area contributed by atoms with Crippen molar-refractivity contribution >= 4 is 16.1 Å². The maximum atomic E-state index is 12.5. The maximum Gasteiger partial charge on any atom is 0.347 e. The first-order valence-electron chi connectivity index (χ1n) is 7.84. The summed E-state index contributed by atoms with van der Waals surface area (Å²) >= 11 is 0. The van der Waals surface area contributed by atoms with E-state index in [1.54, 1.807) is 67.6 Å². The summed E-state index contributed by atoms with van der Waals surface area (Å²) in [7, 11) is -4.07. The van der Waals surface area contributed by atoms with Gasteiger partial charge in [0.05, 0.1) is 0 Å². The van der Waals surface area contributed by atoms with Crippen LogP contribution in [0.15, 0.2) is 83.8 Å². The second-order valence-electron chi connectivity index (χ2n) is 5.50. The third kappa shape index (κ3) is 3.92. The summed E-state index contributed by atoms with van der Waals surface area (Å²) in [5, 5.41) is 0. The molecule has 0 saturated heterocycles. The maximum absolute atomic E-state index is 12.5. The van der Waals surface area contributed by atoms with Crippen LogP contribution < -0.4 is 8.92 Å². The lowest BCUT2D eigenvalue weighted by Crippen LogP contribution is -2.16. The first-order valence-corrected chi connectivity index (χ1v) is 9.24. The zero-order valence-corrected chi connectivity index (χ0v) is 14.8. The Labute approximate surface area is 151 Å². The first kappa shape index (κ1) is 17.7. The second-order valence-corrected chi connectivity index (χ2v) is 7.05. The Morgan fingerprint density at radius 1 is 0.808 bits per heavy atom. The predicted molar refractivity (Wildman–Crippen MR) is 96.8 cm³/mol. The number of para-hydroxylation sites is 2. The fourth-order valence-corrected chi connectivity index (χ4v) is 3.35. The molecule has 132 valence electrons. The highest BCUT2D eigenvalue weighted by Gasteiger charge is 2.23. The van der Waals surface area contributed by atoms with E-state index in [1.165, 1.54) is 18.2 Å². The monoisotopic (exact) mass is 368 g/mol. The molecule has 3 aromatic carbocycles. The average molecular weight is 368 g/mol. The lowest BCUT2D eigenvalue weighted by atomic mass is 10.1. The number of ether oxygens (including phenoxy) is 1. The number of carbonyl (C=O) groups excluding carboxylic acids is 1. The van der Waals surface area contributed by atoms with Crippen molar-refractivity contribution in [1.82, 2.24) is 0 Å². The molecule has 0 amide bonds. The molecule has 26 heavy (non-hydrogen) atoms. The third-order valence-electron chi connectivity index (χ3n) is 3.61. The van der Waals surface area contributed by atoms with Crippen LogP contribution in [0.5, 0.6) is 11.5 Å². The van der Waals surface area contributed by atoms with Gasteiger partial charge < -0.3 is 8.92 Å². The molecule has 0 aliphatic heterocycles. The van der Waals surface area contributed by atoms with Crippen molar-refractivity contribution in [2.75, 3.05) is 0 Å². The van der Waals surface area contributed by atoms with Crippen LogP contribution in [-0.2, 0) is 10.1 Å². The van der Waals surface area contributed by atoms with E-state index in [0.29, 0.717) is 11.3 Å². The van der Waals surface area contributed by atoms with Gasteiger partial charge in [0, 0.05) is 0 Å². The molecule has 5 nitrogen and oxygen atoms in total. The highest BCUT2D eigenvalue weighted by molar-refractivity contribution is 7.87. The average Bonchev–Trinajstić information content (AvgIpc) is 2.65. The SMILES string of the molecule is Cc1cccc(C(=O)Oc2ccccc2)c1OS(=O)(=O)c1ccccc1. The highest BCUT2D eigenvalue weighted by Crippen LogP contribution is 2.28. The van der Waals surface area contributed by atoms with Crippen LogP contribution >= 0.6 is 0 Å². The minimum Gasteiger partial charge on any atom is -0.423 e. The molecular weight excluding hydrogens is 352 g/mol. The molecule has 0 aromatic heterocycles. The number of hydrogen-bond donors (Lipinski definition) is 0. The van der Waals surface area contributed by atoms with E-state index in [0.717, 1.165) is 0 Å². The van der Waals surface area contributed by atoms with Crippen LogP contribution in [-0.4, -0.2) is 14.4 Å². The van der Waals surface area contributed by atoms with Crippen molar-refractivity contribution < 1.29 is 22.1 Å². The summed E-state index contributed by atoms with van der Waals surface area (Å²) in [5.41, 5.74) is 0.542. The van der Waals surface area contributed by atoms with E-state index in [9.17, 15) is 13.2 Å². The molecule has 0 aliphatic rings. The standard InChI is InChI=1S/C20H16O5S/c1-15-9-8-14-18(20(21)24-16-10-4-2-5-11-16)19(15)25-26(22,23)17-12-6-3-7-13-17/h2-14H,1H3. The van der Waals surface area contributed by atoms with Gasteiger partial charge in [-0.2, -0.15) is 8.42 Å². The van der Waals surface area contributed by atoms with E-state index in [2.05, 4.69) is 0 Å². The van der Waals surface area contributed by atoms with Crippen molar-refractivity contribution in [3.63, 3.8) is 0 Å². The zero-order chi connectivity index (χ0) is 18.6. The van der Waals surface area contributed by atoms with Crippen LogP contribution in [0.4, 0.5) is 0 Å². The number of rotatable bonds is 5. The van der Waals surface area contributed by atoms with Crippen molar-refractivity contribution in [2.45, 2.75) is 11.8 Å². The van der Waals surface area contributed by atoms with Gasteiger partial charge in [-0.15, -0.1) is 0 Å². The number of benzene rings is 3. The van der Waals surface area contributed by atoms with Gasteiger partial charge in [-0.05, 0) is 42.8 Å². The first-order chi connectivity index (χ1) is 12.5. The number of carbonyl (C=O) groups is 1. The van der Waals surface area contributed by atoms with Crippen molar-refractivity contribution in [3.8, 4) is 11.5 Å². The van der Waals surface area contributed by atoms with Gasteiger partial charge in [0.15, 0.2) is 5.75 Å². The lowest BCUT2D eigenvalue weighted by molar-refractivity contribution is 0.0733. The number of hydrogen-bond acceptors (Lipinski definition) is 5. The quantitative estimate of drug-likeness (QED) is 0.387. The molecule has 0 unspecified atom stereocenters. The third-order valence-corrected chi connectivity index (χ3v) is 4.85. The summed E-state index contributed by atoms with van der Waals surface area (Å²) in [6.45, 7) is 1.66. The van der Waals surface area contributed by atoms with Gasteiger partial charge in [-0.1, -0.05) is 48.5 Å². The van der Waals surface area contributed by atoms with Gasteiger partial charge in [0.2, 0.25) is 0 Å². The molecule has 0 heterocycles. The number of aryl methyl sites for hydroxylation is 1. The molecule has 3 rings (SSSR count). The second kappa shape index (κ2) is 7.41. The Bertz CT molecular complexity index is 1010. The predicted octanol–water partition coefficient (Wildman–Crippen LogP) is 3.98. The molecular formula is C20H16O5S. The van der Waals surface area contributed by atoms with Crippen molar-refractivity contribution in [2.24, 2.45) is 0 Å². The van der Waals surface area contributed by atoms with Gasteiger partial charge in [0.25, 0.3) is 0 Å². The molecule has 6 heteroatoms. The minimum atomic E-state index is -4.07. The van der Waals surface area contributed by atoms with Crippen molar-refractivity contribution in [1.29, 1.82) is 0 Å². The zero-order valence-electron chi connectivity index (χ0n) is 14.0. The largest absolute Gasteiger partial charge is 0.423 e. The Kier molecular flexibility index (Phi) is 5.04. The summed E-state index contributed by atoms with van der Waals surface area (Å²) in [6, 6.07) is 21.0. The smallest absolute Gasteiger partial charge is 0.347 e.